The number of benzene rings is 1. The summed E-state index contributed by atoms with van der Waals surface area (Å²) < 4.78 is 50.2. The number of pyridine rings is 1. The van der Waals surface area contributed by atoms with Gasteiger partial charge in [0.1, 0.15) is 23.9 Å². The highest BCUT2D eigenvalue weighted by atomic mass is 19.1. The zero-order valence-corrected chi connectivity index (χ0v) is 13.9. The number of carbonyl (C=O) groups is 2. The van der Waals surface area contributed by atoms with Crippen LogP contribution in [0.2, 0.25) is 0 Å². The Balaban J connectivity index is 2.42. The Morgan fingerprint density at radius 2 is 1.88 bits per heavy atom. The first-order valence-corrected chi connectivity index (χ1v) is 7.51. The highest BCUT2D eigenvalue weighted by Crippen LogP contribution is 2.27. The molecule has 9 heteroatoms. The number of hydrogen-bond acceptors (Lipinski definition) is 6. The van der Waals surface area contributed by atoms with Crippen molar-refractivity contribution in [3.05, 3.63) is 47.3 Å². The van der Waals surface area contributed by atoms with E-state index < -0.39 is 41.5 Å². The van der Waals surface area contributed by atoms with Gasteiger partial charge in [0.2, 0.25) is 0 Å². The lowest BCUT2D eigenvalue weighted by Crippen LogP contribution is -2.14. The average Bonchev–Trinajstić information content (AvgIpc) is 2.58. The summed E-state index contributed by atoms with van der Waals surface area (Å²) in [6.07, 6.45) is -0.651. The maximum absolute atomic E-state index is 13.9. The van der Waals surface area contributed by atoms with Crippen molar-refractivity contribution >= 4 is 23.3 Å². The molecule has 0 fully saturated rings. The van der Waals surface area contributed by atoms with Crippen LogP contribution in [0.15, 0.2) is 24.3 Å². The molecule has 2 rings (SSSR count). The summed E-state index contributed by atoms with van der Waals surface area (Å²) >= 11 is 0. The molecule has 2 aromatic rings. The van der Waals surface area contributed by atoms with Gasteiger partial charge in [-0.15, -0.1) is 0 Å². The second-order valence-electron chi connectivity index (χ2n) is 5.03. The molecule has 26 heavy (non-hydrogen) atoms. The van der Waals surface area contributed by atoms with Crippen molar-refractivity contribution in [2.75, 3.05) is 19.0 Å². The largest absolute Gasteiger partial charge is 0.479 e. The molecule has 0 aliphatic rings. The molecule has 0 bridgehead atoms. The van der Waals surface area contributed by atoms with Crippen molar-refractivity contribution in [3.63, 3.8) is 0 Å². The lowest BCUT2D eigenvalue weighted by molar-refractivity contribution is -0.141. The topological polar surface area (TPSA) is 77.5 Å². The standard InChI is InChI=1S/C17H15F3N2O4/c1-3-26-15(24)8-14(23)10-7-12(20)17(25-2)22-16(10)21-13-5-4-9(18)6-11(13)19/h4-7H,3,8H2,1-2H3,(H,21,22). The molecule has 0 saturated carbocycles. The lowest BCUT2D eigenvalue weighted by Gasteiger charge is -2.13. The van der Waals surface area contributed by atoms with Crippen molar-refractivity contribution in [3.8, 4) is 5.88 Å². The minimum atomic E-state index is -0.945. The smallest absolute Gasteiger partial charge is 0.313 e. The summed E-state index contributed by atoms with van der Waals surface area (Å²) in [6.45, 7) is 1.65. The Morgan fingerprint density at radius 1 is 1.15 bits per heavy atom. The highest BCUT2D eigenvalue weighted by Gasteiger charge is 2.22. The molecule has 0 radical (unpaired) electrons. The van der Waals surface area contributed by atoms with E-state index >= 15 is 0 Å². The monoisotopic (exact) mass is 368 g/mol. The summed E-state index contributed by atoms with van der Waals surface area (Å²) in [5.41, 5.74) is -0.502. The van der Waals surface area contributed by atoms with Crippen molar-refractivity contribution in [2.45, 2.75) is 13.3 Å². The summed E-state index contributed by atoms with van der Waals surface area (Å²) in [6, 6.07) is 3.52. The van der Waals surface area contributed by atoms with Gasteiger partial charge < -0.3 is 14.8 Å². The molecule has 0 saturated heterocycles. The Bertz CT molecular complexity index is 843. The van der Waals surface area contributed by atoms with Crippen LogP contribution in [-0.2, 0) is 9.53 Å². The lowest BCUT2D eigenvalue weighted by atomic mass is 10.1. The normalized spacial score (nSPS) is 10.3. The molecule has 0 spiro atoms. The molecule has 0 amide bonds. The van der Waals surface area contributed by atoms with Crippen LogP contribution in [0.3, 0.4) is 0 Å². The summed E-state index contributed by atoms with van der Waals surface area (Å²) in [4.78, 5) is 27.6. The van der Waals surface area contributed by atoms with Crippen LogP contribution in [0.5, 0.6) is 5.88 Å². The van der Waals surface area contributed by atoms with Crippen LogP contribution in [0.1, 0.15) is 23.7 Å². The minimum absolute atomic E-state index is 0.0766. The second kappa shape index (κ2) is 8.32. The van der Waals surface area contributed by atoms with Crippen LogP contribution in [0, 0.1) is 17.5 Å². The number of methoxy groups -OCH3 is 1. The average molecular weight is 368 g/mol. The Hall–Kier alpha value is -3.10. The van der Waals surface area contributed by atoms with E-state index in [0.29, 0.717) is 6.07 Å². The number of hydrogen-bond donors (Lipinski definition) is 1. The number of anilines is 2. The van der Waals surface area contributed by atoms with Crippen molar-refractivity contribution in [1.29, 1.82) is 0 Å². The number of Topliss-reactive ketones (excluding diaryl/α,β-unsaturated/α-hetero) is 1. The fraction of sp³-hybridized carbons (Fsp3) is 0.235. The van der Waals surface area contributed by atoms with Gasteiger partial charge in [-0.1, -0.05) is 0 Å². The predicted molar refractivity (Wildman–Crippen MR) is 86.0 cm³/mol. The van der Waals surface area contributed by atoms with Crippen LogP contribution in [0.4, 0.5) is 24.7 Å². The first-order chi connectivity index (χ1) is 12.3. The SMILES string of the molecule is CCOC(=O)CC(=O)c1cc(F)c(OC)nc1Nc1ccc(F)cc1F. The van der Waals surface area contributed by atoms with Crippen LogP contribution >= 0.6 is 0 Å². The van der Waals surface area contributed by atoms with E-state index in [1.165, 1.54) is 0 Å². The Labute approximate surface area is 146 Å². The molecule has 1 heterocycles. The van der Waals surface area contributed by atoms with Gasteiger partial charge in [0.05, 0.1) is 25.0 Å². The summed E-state index contributed by atoms with van der Waals surface area (Å²) in [5.74, 6) is -4.96. The number of aromatic nitrogens is 1. The van der Waals surface area contributed by atoms with E-state index in [1.807, 2.05) is 0 Å². The van der Waals surface area contributed by atoms with Crippen LogP contribution in [-0.4, -0.2) is 30.5 Å². The summed E-state index contributed by atoms with van der Waals surface area (Å²) in [5, 5.41) is 2.48. The minimum Gasteiger partial charge on any atom is -0.479 e. The van der Waals surface area contributed by atoms with Gasteiger partial charge in [-0.05, 0) is 25.1 Å². The summed E-state index contributed by atoms with van der Waals surface area (Å²) in [7, 11) is 1.16. The number of nitrogens with one attached hydrogen (secondary N) is 1. The molecule has 1 N–H and O–H groups in total. The predicted octanol–water partition coefficient (Wildman–Crippen LogP) is 3.39. The van der Waals surface area contributed by atoms with E-state index in [2.05, 4.69) is 15.0 Å². The van der Waals surface area contributed by atoms with E-state index in [9.17, 15) is 22.8 Å². The number of nitrogens with zero attached hydrogens (tertiary/aromatic N) is 1. The van der Waals surface area contributed by atoms with Crippen molar-refractivity contribution in [2.24, 2.45) is 0 Å². The maximum Gasteiger partial charge on any atom is 0.313 e. The molecule has 1 aromatic heterocycles. The van der Waals surface area contributed by atoms with Gasteiger partial charge in [-0.25, -0.2) is 13.2 Å². The third-order valence-corrected chi connectivity index (χ3v) is 3.23. The molecule has 1 aromatic carbocycles. The number of esters is 1. The van der Waals surface area contributed by atoms with Gasteiger partial charge in [0.15, 0.2) is 11.6 Å². The molecule has 0 aliphatic carbocycles. The van der Waals surface area contributed by atoms with E-state index in [1.54, 1.807) is 6.92 Å². The zero-order valence-electron chi connectivity index (χ0n) is 13.9. The van der Waals surface area contributed by atoms with Crippen LogP contribution in [0.25, 0.3) is 0 Å². The van der Waals surface area contributed by atoms with Crippen molar-refractivity contribution in [1.82, 2.24) is 4.98 Å². The maximum atomic E-state index is 13.9. The van der Waals surface area contributed by atoms with Gasteiger partial charge in [0.25, 0.3) is 5.88 Å². The van der Waals surface area contributed by atoms with E-state index in [0.717, 1.165) is 25.3 Å². The molecule has 0 atom stereocenters. The van der Waals surface area contributed by atoms with Gasteiger partial charge in [0, 0.05) is 6.07 Å². The Morgan fingerprint density at radius 3 is 2.50 bits per heavy atom. The van der Waals surface area contributed by atoms with Gasteiger partial charge >= 0.3 is 5.97 Å². The third kappa shape index (κ3) is 4.50. The first kappa shape index (κ1) is 19.2. The van der Waals surface area contributed by atoms with Gasteiger partial charge in [-0.2, -0.15) is 4.98 Å². The number of ketones is 1. The quantitative estimate of drug-likeness (QED) is 0.459. The van der Waals surface area contributed by atoms with Crippen molar-refractivity contribution < 1.29 is 32.2 Å². The molecule has 0 unspecified atom stereocenters. The molecule has 138 valence electrons. The number of ether oxygens (including phenoxy) is 2. The number of carbonyl (C=O) groups excluding carboxylic acids is 2. The van der Waals surface area contributed by atoms with E-state index in [-0.39, 0.29) is 23.7 Å². The first-order valence-electron chi connectivity index (χ1n) is 7.51. The Kier molecular flexibility index (Phi) is 6.16. The number of halogens is 3. The zero-order chi connectivity index (χ0) is 19.3. The third-order valence-electron chi connectivity index (χ3n) is 3.23. The van der Waals surface area contributed by atoms with Crippen LogP contribution < -0.4 is 10.1 Å². The number of rotatable bonds is 7. The molecule has 0 aliphatic heterocycles. The van der Waals surface area contributed by atoms with E-state index in [4.69, 9.17) is 4.74 Å². The molecular weight excluding hydrogens is 353 g/mol. The molecular formula is C17H15F3N2O4. The van der Waals surface area contributed by atoms with Gasteiger partial charge in [-0.3, -0.25) is 9.59 Å². The fourth-order valence-electron chi connectivity index (χ4n) is 2.08. The fourth-order valence-corrected chi connectivity index (χ4v) is 2.08. The highest BCUT2D eigenvalue weighted by molar-refractivity contribution is 6.09. The molecule has 6 nitrogen and oxygen atoms in total. The second-order valence-corrected chi connectivity index (χ2v) is 5.03.